The number of ether oxygens (including phenoxy) is 1. The van der Waals surface area contributed by atoms with Crippen LogP contribution in [0.4, 0.5) is 0 Å². The minimum Gasteiger partial charge on any atom is -0.481 e. The van der Waals surface area contributed by atoms with Gasteiger partial charge in [-0.15, -0.1) is 0 Å². The van der Waals surface area contributed by atoms with Gasteiger partial charge in [-0.25, -0.2) is 4.79 Å². The highest BCUT2D eigenvalue weighted by Gasteiger charge is 2.41. The molecule has 0 heterocycles. The smallest absolute Gasteiger partial charge is 0.334 e. The molecule has 2 rings (SSSR count). The molecule has 0 saturated heterocycles. The lowest BCUT2D eigenvalue weighted by molar-refractivity contribution is -0.149. The highest BCUT2D eigenvalue weighted by Crippen LogP contribution is 2.26. The van der Waals surface area contributed by atoms with Crippen LogP contribution in [0.15, 0.2) is 54.6 Å². The Labute approximate surface area is 158 Å². The first-order valence-corrected chi connectivity index (χ1v) is 8.68. The van der Waals surface area contributed by atoms with Crippen molar-refractivity contribution >= 4 is 17.7 Å². The zero-order chi connectivity index (χ0) is 20.0. The van der Waals surface area contributed by atoms with E-state index in [1.807, 2.05) is 0 Å². The predicted octanol–water partition coefficient (Wildman–Crippen LogP) is 3.16. The molecule has 0 aliphatic rings. The third-order valence-corrected chi connectivity index (χ3v) is 4.42. The van der Waals surface area contributed by atoms with E-state index < -0.39 is 23.5 Å². The van der Waals surface area contributed by atoms with E-state index in [-0.39, 0.29) is 12.2 Å². The molecule has 0 saturated carbocycles. The Balaban J connectivity index is 2.21. The van der Waals surface area contributed by atoms with Crippen LogP contribution in [0.5, 0.6) is 5.75 Å². The van der Waals surface area contributed by atoms with Crippen LogP contribution < -0.4 is 10.1 Å². The van der Waals surface area contributed by atoms with Crippen molar-refractivity contribution < 1.29 is 24.2 Å². The summed E-state index contributed by atoms with van der Waals surface area (Å²) in [6.45, 7) is 4.67. The molecule has 2 aromatic carbocycles. The van der Waals surface area contributed by atoms with E-state index in [0.717, 1.165) is 0 Å². The highest BCUT2D eigenvalue weighted by atomic mass is 16.5. The van der Waals surface area contributed by atoms with Crippen molar-refractivity contribution in [3.63, 3.8) is 0 Å². The number of nitrogens with one attached hydrogen (secondary N) is 1. The van der Waals surface area contributed by atoms with Gasteiger partial charge >= 0.3 is 5.97 Å². The van der Waals surface area contributed by atoms with Gasteiger partial charge in [-0.2, -0.15) is 0 Å². The van der Waals surface area contributed by atoms with E-state index in [0.29, 0.717) is 16.9 Å². The molecule has 6 heteroatoms. The number of carboxylic acids is 1. The lowest BCUT2D eigenvalue weighted by Crippen LogP contribution is -2.54. The third kappa shape index (κ3) is 4.53. The summed E-state index contributed by atoms with van der Waals surface area (Å²) in [6, 6.07) is 15.1. The molecule has 2 N–H and O–H groups in total. The normalized spacial score (nSPS) is 13.9. The average Bonchev–Trinajstić information content (AvgIpc) is 2.66. The Morgan fingerprint density at radius 3 is 2.33 bits per heavy atom. The number of ketones is 1. The van der Waals surface area contributed by atoms with Crippen LogP contribution in [0, 0.1) is 0 Å². The van der Waals surface area contributed by atoms with Crippen molar-refractivity contribution in [2.75, 3.05) is 0 Å². The summed E-state index contributed by atoms with van der Waals surface area (Å²) in [5, 5.41) is 12.4. The molecule has 27 heavy (non-hydrogen) atoms. The van der Waals surface area contributed by atoms with Gasteiger partial charge < -0.3 is 15.2 Å². The Hall–Kier alpha value is -3.15. The monoisotopic (exact) mass is 369 g/mol. The Morgan fingerprint density at radius 1 is 1.11 bits per heavy atom. The Morgan fingerprint density at radius 2 is 1.78 bits per heavy atom. The molecule has 0 aliphatic heterocycles. The molecule has 0 aliphatic carbocycles. The van der Waals surface area contributed by atoms with Crippen LogP contribution in [0.25, 0.3) is 0 Å². The van der Waals surface area contributed by atoms with Crippen molar-refractivity contribution in [3.05, 3.63) is 65.7 Å². The molecule has 2 aromatic rings. The first-order chi connectivity index (χ1) is 12.8. The van der Waals surface area contributed by atoms with Crippen molar-refractivity contribution in [2.24, 2.45) is 0 Å². The quantitative estimate of drug-likeness (QED) is 0.697. The number of carbonyl (C=O) groups is 3. The first-order valence-electron chi connectivity index (χ1n) is 8.68. The highest BCUT2D eigenvalue weighted by molar-refractivity contribution is 5.94. The summed E-state index contributed by atoms with van der Waals surface area (Å²) < 4.78 is 5.62. The molecule has 0 bridgehead atoms. The standard InChI is InChI=1S/C21H23NO5/c1-4-21(20(25)26,17-10-6-5-7-11-17)22-19(24)15(3)27-18-12-8-9-16(13-18)14(2)23/h5-13,15H,4H2,1-3H3,(H,22,24)(H,25,26). The summed E-state index contributed by atoms with van der Waals surface area (Å²) in [7, 11) is 0. The Bertz CT molecular complexity index is 833. The number of aliphatic carboxylic acids is 1. The lowest BCUT2D eigenvalue weighted by atomic mass is 9.87. The van der Waals surface area contributed by atoms with Crippen molar-refractivity contribution in [3.8, 4) is 5.75 Å². The molecule has 0 fully saturated rings. The number of benzene rings is 2. The van der Waals surface area contributed by atoms with Crippen LogP contribution in [0.3, 0.4) is 0 Å². The fourth-order valence-electron chi connectivity index (χ4n) is 2.77. The molecular formula is C21H23NO5. The molecule has 142 valence electrons. The molecule has 0 aromatic heterocycles. The van der Waals surface area contributed by atoms with Gasteiger partial charge in [-0.05, 0) is 38.0 Å². The summed E-state index contributed by atoms with van der Waals surface area (Å²) in [6.07, 6.45) is -0.772. The summed E-state index contributed by atoms with van der Waals surface area (Å²) in [5.41, 5.74) is -0.589. The van der Waals surface area contributed by atoms with E-state index in [9.17, 15) is 19.5 Å². The van der Waals surface area contributed by atoms with Gasteiger partial charge in [0.1, 0.15) is 5.75 Å². The number of carbonyl (C=O) groups excluding carboxylic acids is 2. The number of carboxylic acid groups (broad SMARTS) is 1. The number of rotatable bonds is 8. The fourth-order valence-corrected chi connectivity index (χ4v) is 2.77. The van der Waals surface area contributed by atoms with Gasteiger partial charge in [0.25, 0.3) is 5.91 Å². The summed E-state index contributed by atoms with van der Waals surface area (Å²) in [4.78, 5) is 36.1. The lowest BCUT2D eigenvalue weighted by Gasteiger charge is -2.31. The maximum Gasteiger partial charge on any atom is 0.334 e. The molecular weight excluding hydrogens is 346 g/mol. The molecule has 0 radical (unpaired) electrons. The largest absolute Gasteiger partial charge is 0.481 e. The second kappa shape index (κ2) is 8.49. The van der Waals surface area contributed by atoms with Crippen LogP contribution >= 0.6 is 0 Å². The second-order valence-corrected chi connectivity index (χ2v) is 6.26. The van der Waals surface area contributed by atoms with Gasteiger partial charge in [0.15, 0.2) is 17.4 Å². The SMILES string of the molecule is CCC(NC(=O)C(C)Oc1cccc(C(C)=O)c1)(C(=O)O)c1ccccc1. The number of amides is 1. The minimum absolute atomic E-state index is 0.113. The van der Waals surface area contributed by atoms with Crippen LogP contribution in [-0.2, 0) is 15.1 Å². The van der Waals surface area contributed by atoms with E-state index in [4.69, 9.17) is 4.74 Å². The van der Waals surface area contributed by atoms with E-state index in [1.165, 1.54) is 13.8 Å². The summed E-state index contributed by atoms with van der Waals surface area (Å²) >= 11 is 0. The first kappa shape index (κ1) is 20.2. The van der Waals surface area contributed by atoms with E-state index in [2.05, 4.69) is 5.32 Å². The van der Waals surface area contributed by atoms with Gasteiger partial charge in [-0.3, -0.25) is 9.59 Å². The van der Waals surface area contributed by atoms with Gasteiger partial charge in [0.2, 0.25) is 0 Å². The maximum atomic E-state index is 12.7. The second-order valence-electron chi connectivity index (χ2n) is 6.26. The van der Waals surface area contributed by atoms with Crippen molar-refractivity contribution in [1.82, 2.24) is 5.32 Å². The molecule has 1 amide bonds. The van der Waals surface area contributed by atoms with E-state index in [1.54, 1.807) is 61.5 Å². The van der Waals surface area contributed by atoms with E-state index >= 15 is 0 Å². The maximum absolute atomic E-state index is 12.7. The number of hydrogen-bond acceptors (Lipinski definition) is 4. The molecule has 6 nitrogen and oxygen atoms in total. The fraction of sp³-hybridized carbons (Fsp3) is 0.286. The number of hydrogen-bond donors (Lipinski definition) is 2. The molecule has 2 unspecified atom stereocenters. The van der Waals surface area contributed by atoms with Crippen LogP contribution in [0.2, 0.25) is 0 Å². The zero-order valence-electron chi connectivity index (χ0n) is 15.6. The van der Waals surface area contributed by atoms with Gasteiger partial charge in [-0.1, -0.05) is 49.4 Å². The Kier molecular flexibility index (Phi) is 6.34. The minimum atomic E-state index is -1.54. The predicted molar refractivity (Wildman–Crippen MR) is 101 cm³/mol. The van der Waals surface area contributed by atoms with Gasteiger partial charge in [0, 0.05) is 5.56 Å². The van der Waals surface area contributed by atoms with Crippen LogP contribution in [-0.4, -0.2) is 28.9 Å². The summed E-state index contributed by atoms with van der Waals surface area (Å²) in [5.74, 6) is -1.45. The van der Waals surface area contributed by atoms with Crippen molar-refractivity contribution in [2.45, 2.75) is 38.8 Å². The third-order valence-electron chi connectivity index (χ3n) is 4.42. The molecule has 2 atom stereocenters. The van der Waals surface area contributed by atoms with Crippen LogP contribution in [0.1, 0.15) is 43.1 Å². The van der Waals surface area contributed by atoms with Crippen molar-refractivity contribution in [1.29, 1.82) is 0 Å². The topological polar surface area (TPSA) is 92.7 Å². The average molecular weight is 369 g/mol. The zero-order valence-corrected chi connectivity index (χ0v) is 15.6. The number of Topliss-reactive ketones (excluding diaryl/α,β-unsaturated/α-hetero) is 1. The van der Waals surface area contributed by atoms with Gasteiger partial charge in [0.05, 0.1) is 0 Å². The molecule has 0 spiro atoms.